The third kappa shape index (κ3) is 2.38. The molecule has 0 aliphatic carbocycles. The highest BCUT2D eigenvalue weighted by Gasteiger charge is 2.32. The van der Waals surface area contributed by atoms with Gasteiger partial charge in [0.2, 0.25) is 0 Å². The van der Waals surface area contributed by atoms with Crippen LogP contribution in [0, 0.1) is 12.8 Å². The van der Waals surface area contributed by atoms with E-state index >= 15 is 0 Å². The molecule has 100 valence electrons. The fraction of sp³-hybridized carbons (Fsp3) is 0.600. The van der Waals surface area contributed by atoms with E-state index in [0.29, 0.717) is 12.0 Å². The molecule has 1 aromatic rings. The minimum absolute atomic E-state index is 0.511. The number of hydrogen-bond acceptors (Lipinski definition) is 3. The molecule has 0 bridgehead atoms. The number of rotatable bonds is 3. The van der Waals surface area contributed by atoms with Gasteiger partial charge in [-0.3, -0.25) is 4.90 Å². The molecule has 1 saturated heterocycles. The Morgan fingerprint density at radius 1 is 1.39 bits per heavy atom. The summed E-state index contributed by atoms with van der Waals surface area (Å²) in [5, 5.41) is 0. The Hall–Kier alpha value is -1.06. The summed E-state index contributed by atoms with van der Waals surface area (Å²) in [6.45, 7) is 4.12. The molecular formula is C15H25N3. The van der Waals surface area contributed by atoms with Crippen LogP contribution in [0.4, 0.5) is 5.69 Å². The molecule has 2 N–H and O–H groups in total. The van der Waals surface area contributed by atoms with Crippen LogP contribution in [-0.4, -0.2) is 39.1 Å². The van der Waals surface area contributed by atoms with Gasteiger partial charge in [0.05, 0.1) is 0 Å². The van der Waals surface area contributed by atoms with Crippen molar-refractivity contribution in [2.45, 2.75) is 19.4 Å². The number of nitrogens with two attached hydrogens (primary N) is 1. The highest BCUT2D eigenvalue weighted by atomic mass is 15.2. The normalized spacial score (nSPS) is 24.5. The molecule has 3 heteroatoms. The first-order chi connectivity index (χ1) is 8.54. The quantitative estimate of drug-likeness (QED) is 0.887. The fourth-order valence-electron chi connectivity index (χ4n) is 3.10. The SMILES string of the molecule is Cc1cccc(N(C)C)c1C1CC(CN)CN1C. The van der Waals surface area contributed by atoms with Crippen molar-refractivity contribution in [2.75, 3.05) is 39.1 Å². The van der Waals surface area contributed by atoms with Gasteiger partial charge >= 0.3 is 0 Å². The summed E-state index contributed by atoms with van der Waals surface area (Å²) in [4.78, 5) is 4.67. The second kappa shape index (κ2) is 5.29. The highest BCUT2D eigenvalue weighted by molar-refractivity contribution is 5.57. The second-order valence-electron chi connectivity index (χ2n) is 5.69. The number of nitrogens with zero attached hydrogens (tertiary/aromatic N) is 2. The first-order valence-electron chi connectivity index (χ1n) is 6.71. The van der Waals surface area contributed by atoms with E-state index in [1.807, 2.05) is 0 Å². The van der Waals surface area contributed by atoms with E-state index in [1.165, 1.54) is 23.2 Å². The molecule has 1 aliphatic rings. The molecule has 2 rings (SSSR count). The summed E-state index contributed by atoms with van der Waals surface area (Å²) in [6.07, 6.45) is 1.18. The molecule has 1 aromatic carbocycles. The zero-order chi connectivity index (χ0) is 13.3. The van der Waals surface area contributed by atoms with Crippen LogP contribution in [-0.2, 0) is 0 Å². The maximum absolute atomic E-state index is 5.84. The Balaban J connectivity index is 2.38. The number of likely N-dealkylation sites (tertiary alicyclic amines) is 1. The van der Waals surface area contributed by atoms with Gasteiger partial charge in [-0.25, -0.2) is 0 Å². The molecule has 2 atom stereocenters. The molecule has 0 amide bonds. The Morgan fingerprint density at radius 2 is 2.11 bits per heavy atom. The summed E-state index contributed by atoms with van der Waals surface area (Å²) in [6, 6.07) is 7.08. The van der Waals surface area contributed by atoms with E-state index in [-0.39, 0.29) is 0 Å². The van der Waals surface area contributed by atoms with Gasteiger partial charge in [-0.1, -0.05) is 12.1 Å². The van der Waals surface area contributed by atoms with Gasteiger partial charge in [0.25, 0.3) is 0 Å². The summed E-state index contributed by atoms with van der Waals surface area (Å²) < 4.78 is 0. The van der Waals surface area contributed by atoms with Crippen molar-refractivity contribution in [3.8, 4) is 0 Å². The highest BCUT2D eigenvalue weighted by Crippen LogP contribution is 2.39. The first kappa shape index (κ1) is 13.4. The molecule has 3 nitrogen and oxygen atoms in total. The lowest BCUT2D eigenvalue weighted by atomic mass is 9.94. The molecule has 0 radical (unpaired) electrons. The monoisotopic (exact) mass is 247 g/mol. The molecule has 0 saturated carbocycles. The minimum atomic E-state index is 0.511. The first-order valence-corrected chi connectivity index (χ1v) is 6.71. The smallest absolute Gasteiger partial charge is 0.0412 e. The third-order valence-electron chi connectivity index (χ3n) is 4.08. The topological polar surface area (TPSA) is 32.5 Å². The van der Waals surface area contributed by atoms with Crippen LogP contribution < -0.4 is 10.6 Å². The zero-order valence-electron chi connectivity index (χ0n) is 12.0. The molecular weight excluding hydrogens is 222 g/mol. The minimum Gasteiger partial charge on any atom is -0.377 e. The van der Waals surface area contributed by atoms with E-state index in [4.69, 9.17) is 5.73 Å². The van der Waals surface area contributed by atoms with Gasteiger partial charge in [-0.2, -0.15) is 0 Å². The van der Waals surface area contributed by atoms with Crippen LogP contribution in [0.25, 0.3) is 0 Å². The second-order valence-corrected chi connectivity index (χ2v) is 5.69. The van der Waals surface area contributed by atoms with Gasteiger partial charge in [0.15, 0.2) is 0 Å². The van der Waals surface area contributed by atoms with E-state index in [9.17, 15) is 0 Å². The van der Waals surface area contributed by atoms with Gasteiger partial charge in [-0.05, 0) is 50.0 Å². The lowest BCUT2D eigenvalue weighted by molar-refractivity contribution is 0.313. The molecule has 1 aliphatic heterocycles. The van der Waals surface area contributed by atoms with Gasteiger partial charge in [0, 0.05) is 32.4 Å². The standard InChI is InChI=1S/C15H25N3/c1-11-6-5-7-13(17(2)3)15(11)14-8-12(9-16)10-18(14)4/h5-7,12,14H,8-10,16H2,1-4H3. The van der Waals surface area contributed by atoms with Crippen molar-refractivity contribution in [3.63, 3.8) is 0 Å². The molecule has 2 unspecified atom stereocenters. The maximum atomic E-state index is 5.84. The molecule has 0 spiro atoms. The van der Waals surface area contributed by atoms with E-state index in [0.717, 1.165) is 13.1 Å². The lowest BCUT2D eigenvalue weighted by Gasteiger charge is -2.27. The van der Waals surface area contributed by atoms with E-state index in [2.05, 4.69) is 56.1 Å². The fourth-order valence-corrected chi connectivity index (χ4v) is 3.10. The Kier molecular flexibility index (Phi) is 3.93. The molecule has 1 fully saturated rings. The number of anilines is 1. The lowest BCUT2D eigenvalue weighted by Crippen LogP contribution is -2.22. The van der Waals surface area contributed by atoms with Crippen LogP contribution >= 0.6 is 0 Å². The van der Waals surface area contributed by atoms with Crippen LogP contribution in [0.3, 0.4) is 0 Å². The maximum Gasteiger partial charge on any atom is 0.0412 e. The number of benzene rings is 1. The average molecular weight is 247 g/mol. The predicted octanol–water partition coefficient (Wildman–Crippen LogP) is 2.01. The van der Waals surface area contributed by atoms with Crippen molar-refractivity contribution >= 4 is 5.69 Å². The summed E-state index contributed by atoms with van der Waals surface area (Å²) in [5.41, 5.74) is 10.0. The van der Waals surface area contributed by atoms with Crippen molar-refractivity contribution < 1.29 is 0 Å². The predicted molar refractivity (Wildman–Crippen MR) is 78.0 cm³/mol. The van der Waals surface area contributed by atoms with Gasteiger partial charge in [0.1, 0.15) is 0 Å². The average Bonchev–Trinajstić information content (AvgIpc) is 2.70. The van der Waals surface area contributed by atoms with Crippen molar-refractivity contribution in [3.05, 3.63) is 29.3 Å². The third-order valence-corrected chi connectivity index (χ3v) is 4.08. The van der Waals surface area contributed by atoms with Gasteiger partial charge < -0.3 is 10.6 Å². The Labute approximate surface area is 111 Å². The largest absolute Gasteiger partial charge is 0.377 e. The van der Waals surface area contributed by atoms with Crippen molar-refractivity contribution in [1.82, 2.24) is 4.90 Å². The van der Waals surface area contributed by atoms with Crippen LogP contribution in [0.1, 0.15) is 23.6 Å². The number of hydrogen-bond donors (Lipinski definition) is 1. The summed E-state index contributed by atoms with van der Waals surface area (Å²) in [5.74, 6) is 0.634. The molecule has 1 heterocycles. The molecule has 0 aromatic heterocycles. The number of aryl methyl sites for hydroxylation is 1. The van der Waals surface area contributed by atoms with E-state index < -0.39 is 0 Å². The molecule has 18 heavy (non-hydrogen) atoms. The van der Waals surface area contributed by atoms with E-state index in [1.54, 1.807) is 0 Å². The van der Waals surface area contributed by atoms with Crippen LogP contribution in [0.5, 0.6) is 0 Å². The van der Waals surface area contributed by atoms with Crippen LogP contribution in [0.2, 0.25) is 0 Å². The van der Waals surface area contributed by atoms with Crippen LogP contribution in [0.15, 0.2) is 18.2 Å². The Bertz CT molecular complexity index is 414. The Morgan fingerprint density at radius 3 is 2.67 bits per heavy atom. The van der Waals surface area contributed by atoms with Crippen molar-refractivity contribution in [1.29, 1.82) is 0 Å². The summed E-state index contributed by atoms with van der Waals surface area (Å²) >= 11 is 0. The van der Waals surface area contributed by atoms with Crippen molar-refractivity contribution in [2.24, 2.45) is 11.7 Å². The zero-order valence-corrected chi connectivity index (χ0v) is 12.0. The van der Waals surface area contributed by atoms with Gasteiger partial charge in [-0.15, -0.1) is 0 Å². The summed E-state index contributed by atoms with van der Waals surface area (Å²) in [7, 11) is 6.45.